The van der Waals surface area contributed by atoms with Crippen LogP contribution in [0.1, 0.15) is 11.5 Å². The highest BCUT2D eigenvalue weighted by Crippen LogP contribution is 2.31. The summed E-state index contributed by atoms with van der Waals surface area (Å²) in [4.78, 5) is 14.9. The molecule has 2 aromatic carbocycles. The zero-order valence-corrected chi connectivity index (χ0v) is 13.5. The number of halogens is 3. The van der Waals surface area contributed by atoms with Crippen molar-refractivity contribution in [2.45, 2.75) is 17.1 Å². The maximum absolute atomic E-state index is 13.0. The second-order valence-electron chi connectivity index (χ2n) is 5.36. The molecule has 8 heteroatoms. The van der Waals surface area contributed by atoms with Gasteiger partial charge in [-0.25, -0.2) is 15.0 Å². The van der Waals surface area contributed by atoms with E-state index in [1.165, 1.54) is 11.8 Å². The second kappa shape index (κ2) is 6.03. The van der Waals surface area contributed by atoms with Gasteiger partial charge in [0.2, 0.25) is 5.82 Å². The molecule has 0 saturated carbocycles. The van der Waals surface area contributed by atoms with Crippen molar-refractivity contribution in [2.24, 2.45) is 0 Å². The number of nitrogens with one attached hydrogen (secondary N) is 1. The predicted octanol–water partition coefficient (Wildman–Crippen LogP) is 4.82. The van der Waals surface area contributed by atoms with Gasteiger partial charge in [-0.15, -0.1) is 0 Å². The third-order valence-corrected chi connectivity index (χ3v) is 4.53. The van der Waals surface area contributed by atoms with Crippen LogP contribution in [-0.2, 0) is 11.9 Å². The van der Waals surface area contributed by atoms with Gasteiger partial charge in [-0.2, -0.15) is 13.2 Å². The van der Waals surface area contributed by atoms with E-state index >= 15 is 0 Å². The predicted molar refractivity (Wildman–Crippen MR) is 90.2 cm³/mol. The van der Waals surface area contributed by atoms with Gasteiger partial charge in [0, 0.05) is 11.1 Å². The van der Waals surface area contributed by atoms with E-state index in [1.54, 1.807) is 24.3 Å². The minimum absolute atomic E-state index is 0.256. The number of nitrogens with zero attached hydrogens (tertiary/aromatic N) is 3. The summed E-state index contributed by atoms with van der Waals surface area (Å²) in [5, 5.41) is 1.25. The lowest BCUT2D eigenvalue weighted by atomic mass is 10.2. The van der Waals surface area contributed by atoms with E-state index in [1.807, 2.05) is 24.3 Å². The molecule has 0 aliphatic rings. The molecule has 2 aromatic heterocycles. The van der Waals surface area contributed by atoms with Gasteiger partial charge in [-0.3, -0.25) is 0 Å². The minimum Gasteiger partial charge on any atom is -0.333 e. The van der Waals surface area contributed by atoms with E-state index in [2.05, 4.69) is 19.9 Å². The van der Waals surface area contributed by atoms with E-state index in [0.29, 0.717) is 16.2 Å². The Morgan fingerprint density at radius 3 is 2.36 bits per heavy atom. The average molecular weight is 360 g/mol. The smallest absolute Gasteiger partial charge is 0.333 e. The lowest BCUT2D eigenvalue weighted by Crippen LogP contribution is -2.12. The summed E-state index contributed by atoms with van der Waals surface area (Å²) in [6.07, 6.45) is -4.58. The van der Waals surface area contributed by atoms with Gasteiger partial charge >= 0.3 is 6.18 Å². The maximum Gasteiger partial charge on any atom is 0.451 e. The molecular formula is C17H11F3N4S. The first-order chi connectivity index (χ1) is 12.0. The molecule has 0 fully saturated rings. The molecule has 4 nitrogen and oxygen atoms in total. The SMILES string of the molecule is FC(F)(F)c1nc(CSc2nc3ccccc3[nH]2)c2ccccc2n1. The summed E-state index contributed by atoms with van der Waals surface area (Å²) in [6, 6.07) is 14.2. The first kappa shape index (κ1) is 15.9. The molecule has 126 valence electrons. The number of hydrogen-bond acceptors (Lipinski definition) is 4. The number of H-pyrrole nitrogens is 1. The summed E-state index contributed by atoms with van der Waals surface area (Å²) >= 11 is 1.31. The van der Waals surface area contributed by atoms with Crippen LogP contribution in [0.2, 0.25) is 0 Å². The molecule has 0 unspecified atom stereocenters. The molecule has 4 aromatic rings. The Balaban J connectivity index is 1.70. The summed E-state index contributed by atoms with van der Waals surface area (Å²) in [6.45, 7) is 0. The Kier molecular flexibility index (Phi) is 3.84. The Morgan fingerprint density at radius 1 is 0.880 bits per heavy atom. The third kappa shape index (κ3) is 3.17. The number of aromatic nitrogens is 4. The highest BCUT2D eigenvalue weighted by molar-refractivity contribution is 7.98. The molecule has 0 atom stereocenters. The van der Waals surface area contributed by atoms with Crippen molar-refractivity contribution in [3.63, 3.8) is 0 Å². The van der Waals surface area contributed by atoms with E-state index < -0.39 is 12.0 Å². The fraction of sp³-hybridized carbons (Fsp3) is 0.118. The lowest BCUT2D eigenvalue weighted by molar-refractivity contribution is -0.144. The Labute approximate surface area is 144 Å². The van der Waals surface area contributed by atoms with Crippen molar-refractivity contribution in [3.05, 3.63) is 60.0 Å². The standard InChI is InChI=1S/C17H11F3N4S/c18-17(19,20)15-21-11-6-2-1-5-10(11)14(22-15)9-25-16-23-12-7-3-4-8-13(12)24-16/h1-8H,9H2,(H,23,24). The molecule has 0 bridgehead atoms. The van der Waals surface area contributed by atoms with Gasteiger partial charge in [-0.05, 0) is 18.2 Å². The molecule has 0 saturated heterocycles. The monoisotopic (exact) mass is 360 g/mol. The van der Waals surface area contributed by atoms with Crippen LogP contribution in [0.3, 0.4) is 0 Å². The van der Waals surface area contributed by atoms with Crippen LogP contribution in [0.5, 0.6) is 0 Å². The number of alkyl halides is 3. The normalized spacial score (nSPS) is 12.1. The van der Waals surface area contributed by atoms with Crippen molar-refractivity contribution in [2.75, 3.05) is 0 Å². The molecule has 0 radical (unpaired) electrons. The number of aromatic amines is 1. The van der Waals surface area contributed by atoms with E-state index in [4.69, 9.17) is 0 Å². The Hall–Kier alpha value is -2.61. The van der Waals surface area contributed by atoms with Crippen molar-refractivity contribution in [1.29, 1.82) is 0 Å². The molecule has 25 heavy (non-hydrogen) atoms. The molecule has 2 heterocycles. The fourth-order valence-corrected chi connectivity index (χ4v) is 3.35. The van der Waals surface area contributed by atoms with Crippen LogP contribution in [0.4, 0.5) is 13.2 Å². The third-order valence-electron chi connectivity index (χ3n) is 3.65. The number of para-hydroxylation sites is 3. The highest BCUT2D eigenvalue weighted by Gasteiger charge is 2.35. The zero-order chi connectivity index (χ0) is 17.4. The van der Waals surface area contributed by atoms with Gasteiger partial charge in [0.1, 0.15) is 0 Å². The molecule has 1 N–H and O–H groups in total. The van der Waals surface area contributed by atoms with Gasteiger partial charge in [-0.1, -0.05) is 42.1 Å². The first-order valence-corrected chi connectivity index (χ1v) is 8.40. The number of hydrogen-bond donors (Lipinski definition) is 1. The highest BCUT2D eigenvalue weighted by atomic mass is 32.2. The van der Waals surface area contributed by atoms with Gasteiger partial charge in [0.15, 0.2) is 5.16 Å². The second-order valence-corrected chi connectivity index (χ2v) is 6.32. The van der Waals surface area contributed by atoms with E-state index in [-0.39, 0.29) is 11.3 Å². The summed E-state index contributed by atoms with van der Waals surface area (Å²) in [5.74, 6) is -0.863. The number of rotatable bonds is 3. The Morgan fingerprint density at radius 2 is 1.60 bits per heavy atom. The molecular weight excluding hydrogens is 349 g/mol. The van der Waals surface area contributed by atoms with Crippen molar-refractivity contribution in [1.82, 2.24) is 19.9 Å². The summed E-state index contributed by atoms with van der Waals surface area (Å²) in [7, 11) is 0. The lowest BCUT2D eigenvalue weighted by Gasteiger charge is -2.10. The largest absolute Gasteiger partial charge is 0.451 e. The van der Waals surface area contributed by atoms with Gasteiger partial charge in [0.05, 0.1) is 22.2 Å². The van der Waals surface area contributed by atoms with E-state index in [0.717, 1.165) is 11.0 Å². The Bertz CT molecular complexity index is 1030. The van der Waals surface area contributed by atoms with Crippen LogP contribution in [0, 0.1) is 0 Å². The summed E-state index contributed by atoms with van der Waals surface area (Å²) in [5.41, 5.74) is 2.32. The fourth-order valence-electron chi connectivity index (χ4n) is 2.51. The molecule has 0 aliphatic heterocycles. The topological polar surface area (TPSA) is 54.5 Å². The maximum atomic E-state index is 13.0. The number of imidazole rings is 1. The van der Waals surface area contributed by atoms with Crippen LogP contribution >= 0.6 is 11.8 Å². The first-order valence-electron chi connectivity index (χ1n) is 7.41. The average Bonchev–Trinajstić information content (AvgIpc) is 3.01. The van der Waals surface area contributed by atoms with Crippen LogP contribution in [-0.4, -0.2) is 19.9 Å². The van der Waals surface area contributed by atoms with Crippen molar-refractivity contribution < 1.29 is 13.2 Å². The zero-order valence-electron chi connectivity index (χ0n) is 12.7. The van der Waals surface area contributed by atoms with Crippen LogP contribution in [0.25, 0.3) is 21.9 Å². The van der Waals surface area contributed by atoms with Gasteiger partial charge < -0.3 is 4.98 Å². The minimum atomic E-state index is -4.58. The van der Waals surface area contributed by atoms with E-state index in [9.17, 15) is 13.2 Å². The van der Waals surface area contributed by atoms with Crippen molar-refractivity contribution in [3.8, 4) is 0 Å². The summed E-state index contributed by atoms with van der Waals surface area (Å²) < 4.78 is 39.1. The number of thioether (sulfide) groups is 1. The van der Waals surface area contributed by atoms with Crippen molar-refractivity contribution >= 4 is 33.7 Å². The quantitative estimate of drug-likeness (QED) is 0.532. The van der Waals surface area contributed by atoms with Gasteiger partial charge in [0.25, 0.3) is 0 Å². The van der Waals surface area contributed by atoms with Crippen LogP contribution < -0.4 is 0 Å². The molecule has 0 aliphatic carbocycles. The molecule has 0 amide bonds. The number of benzene rings is 2. The van der Waals surface area contributed by atoms with Crippen LogP contribution in [0.15, 0.2) is 53.7 Å². The molecule has 4 rings (SSSR count). The number of fused-ring (bicyclic) bond motifs is 2. The molecule has 0 spiro atoms.